The van der Waals surface area contributed by atoms with Crippen LogP contribution in [0.1, 0.15) is 38.1 Å². The van der Waals surface area contributed by atoms with Crippen LogP contribution >= 0.6 is 38.5 Å². The molecule has 2 aromatic carbocycles. The summed E-state index contributed by atoms with van der Waals surface area (Å²) in [5.41, 5.74) is 1.19. The summed E-state index contributed by atoms with van der Waals surface area (Å²) in [6.07, 6.45) is 1.61. The van der Waals surface area contributed by atoms with E-state index < -0.39 is 5.97 Å². The maximum absolute atomic E-state index is 13.1. The van der Waals surface area contributed by atoms with Crippen LogP contribution < -0.4 is 10.3 Å². The molecule has 0 fully saturated rings. The highest BCUT2D eigenvalue weighted by Crippen LogP contribution is 2.22. The van der Waals surface area contributed by atoms with Crippen molar-refractivity contribution in [3.05, 3.63) is 66.2 Å². The van der Waals surface area contributed by atoms with E-state index in [2.05, 4.69) is 48.6 Å². The molecule has 0 saturated carbocycles. The third-order valence-electron chi connectivity index (χ3n) is 4.28. The summed E-state index contributed by atoms with van der Waals surface area (Å²) in [6.45, 7) is 5.85. The molecule has 0 aliphatic rings. The molecule has 0 radical (unpaired) electrons. The lowest BCUT2D eigenvalue weighted by Gasteiger charge is -2.12. The molecule has 0 atom stereocenters. The van der Waals surface area contributed by atoms with Crippen LogP contribution in [0.2, 0.25) is 0 Å². The Morgan fingerprint density at radius 3 is 2.74 bits per heavy atom. The number of ether oxygens (including phenoxy) is 2. The van der Waals surface area contributed by atoms with Crippen LogP contribution in [0.25, 0.3) is 10.9 Å². The van der Waals surface area contributed by atoms with Crippen LogP contribution in [-0.2, 0) is 9.53 Å². The van der Waals surface area contributed by atoms with Crippen molar-refractivity contribution < 1.29 is 14.3 Å². The van der Waals surface area contributed by atoms with Crippen LogP contribution in [-0.4, -0.2) is 35.1 Å². The zero-order chi connectivity index (χ0) is 22.5. The number of nitrogens with zero attached hydrogens (tertiary/aromatic N) is 3. The number of hydrogen-bond acceptors (Lipinski definition) is 6. The van der Waals surface area contributed by atoms with Gasteiger partial charge in [-0.2, -0.15) is 9.78 Å². The Labute approximate surface area is 201 Å². The molecule has 0 spiro atoms. The lowest BCUT2D eigenvalue weighted by Crippen LogP contribution is -2.23. The number of hydrogen-bond donors (Lipinski definition) is 0. The predicted octanol–water partition coefficient (Wildman–Crippen LogP) is 4.71. The van der Waals surface area contributed by atoms with Crippen LogP contribution in [0.15, 0.2) is 50.8 Å². The molecule has 1 aromatic heterocycles. The lowest BCUT2D eigenvalue weighted by molar-refractivity contribution is -0.145. The minimum Gasteiger partial charge on any atom is -0.481 e. The van der Waals surface area contributed by atoms with E-state index in [9.17, 15) is 9.59 Å². The van der Waals surface area contributed by atoms with E-state index in [1.165, 1.54) is 4.68 Å². The molecule has 31 heavy (non-hydrogen) atoms. The molecular formula is C22H21BrIN3O4. The summed E-state index contributed by atoms with van der Waals surface area (Å²) in [5, 5.41) is 4.92. The van der Waals surface area contributed by atoms with Gasteiger partial charge < -0.3 is 9.47 Å². The first-order valence-corrected chi connectivity index (χ1v) is 11.5. The number of carbonyl (C=O) groups excluding carboxylic acids is 1. The second-order valence-electron chi connectivity index (χ2n) is 6.93. The lowest BCUT2D eigenvalue weighted by atomic mass is 10.2. The van der Waals surface area contributed by atoms with Crippen molar-refractivity contribution in [2.75, 3.05) is 13.2 Å². The number of benzene rings is 2. The zero-order valence-electron chi connectivity index (χ0n) is 17.3. The zero-order valence-corrected chi connectivity index (χ0v) is 21.0. The van der Waals surface area contributed by atoms with Gasteiger partial charge in [0.1, 0.15) is 11.6 Å². The van der Waals surface area contributed by atoms with Gasteiger partial charge in [0.05, 0.1) is 27.3 Å². The van der Waals surface area contributed by atoms with Gasteiger partial charge in [0.15, 0.2) is 6.61 Å². The molecule has 0 aliphatic heterocycles. The van der Waals surface area contributed by atoms with Gasteiger partial charge in [-0.1, -0.05) is 29.8 Å². The normalized spacial score (nSPS) is 11.4. The average Bonchev–Trinajstić information content (AvgIpc) is 2.72. The average molecular weight is 598 g/mol. The Morgan fingerprint density at radius 1 is 1.29 bits per heavy atom. The fraction of sp³-hybridized carbons (Fsp3) is 0.273. The monoisotopic (exact) mass is 597 g/mol. The molecule has 3 aromatic rings. The summed E-state index contributed by atoms with van der Waals surface area (Å²) in [6, 6.07) is 10.8. The fourth-order valence-corrected chi connectivity index (χ4v) is 3.89. The number of esters is 1. The molecule has 0 bridgehead atoms. The highest BCUT2D eigenvalue weighted by molar-refractivity contribution is 14.1. The smallest absolute Gasteiger partial charge is 0.344 e. The van der Waals surface area contributed by atoms with Crippen molar-refractivity contribution in [3.63, 3.8) is 0 Å². The Bertz CT molecular complexity index is 1210. The molecule has 0 unspecified atom stereocenters. The predicted molar refractivity (Wildman–Crippen MR) is 132 cm³/mol. The maximum atomic E-state index is 13.1. The van der Waals surface area contributed by atoms with Crippen molar-refractivity contribution >= 4 is 61.6 Å². The number of fused-ring (bicyclic) bond motifs is 1. The highest BCUT2D eigenvalue weighted by atomic mass is 127. The number of halogens is 2. The van der Waals surface area contributed by atoms with E-state index in [0.29, 0.717) is 29.1 Å². The number of rotatable bonds is 7. The Hall–Kier alpha value is -2.27. The fourth-order valence-electron chi connectivity index (χ4n) is 2.83. The van der Waals surface area contributed by atoms with Crippen molar-refractivity contribution in [2.45, 2.75) is 26.7 Å². The van der Waals surface area contributed by atoms with Crippen molar-refractivity contribution in [1.29, 1.82) is 0 Å². The second-order valence-corrected chi connectivity index (χ2v) is 9.01. The first kappa shape index (κ1) is 23.4. The Balaban J connectivity index is 1.91. The van der Waals surface area contributed by atoms with Crippen LogP contribution in [0, 0.1) is 3.57 Å². The van der Waals surface area contributed by atoms with E-state index in [-0.39, 0.29) is 18.1 Å². The van der Waals surface area contributed by atoms with Gasteiger partial charge in [-0.05, 0) is 71.5 Å². The molecule has 1 heterocycles. The number of aromatic nitrogens is 2. The molecular weight excluding hydrogens is 577 g/mol. The molecule has 3 rings (SSSR count). The van der Waals surface area contributed by atoms with E-state index in [0.717, 1.165) is 13.6 Å². The Kier molecular flexibility index (Phi) is 7.82. The van der Waals surface area contributed by atoms with E-state index in [4.69, 9.17) is 9.47 Å². The SMILES string of the molecule is CCOC(=O)COc1ccc(C=Nn2c(C(C)C)nc3ccc(Br)cc3c2=O)cc1I. The summed E-state index contributed by atoms with van der Waals surface area (Å²) in [4.78, 5) is 29.2. The first-order valence-electron chi connectivity index (χ1n) is 9.64. The highest BCUT2D eigenvalue weighted by Gasteiger charge is 2.14. The minimum atomic E-state index is -0.417. The van der Waals surface area contributed by atoms with Crippen molar-refractivity contribution in [1.82, 2.24) is 9.66 Å². The third-order valence-corrected chi connectivity index (χ3v) is 5.62. The standard InChI is InChI=1S/C22H21BrIN3O4/c1-4-30-20(28)12-31-19-8-5-14(9-17(19)24)11-25-27-21(13(2)3)26-18-7-6-15(23)10-16(18)22(27)29/h5-11,13H,4,12H2,1-3H3. The summed E-state index contributed by atoms with van der Waals surface area (Å²) in [7, 11) is 0. The van der Waals surface area contributed by atoms with Gasteiger partial charge in [-0.25, -0.2) is 9.78 Å². The molecule has 9 heteroatoms. The second kappa shape index (κ2) is 10.4. The van der Waals surface area contributed by atoms with E-state index >= 15 is 0 Å². The summed E-state index contributed by atoms with van der Waals surface area (Å²) in [5.74, 6) is 0.750. The third kappa shape index (κ3) is 5.70. The molecule has 0 saturated heterocycles. The summed E-state index contributed by atoms with van der Waals surface area (Å²) >= 11 is 5.53. The first-order chi connectivity index (χ1) is 14.8. The van der Waals surface area contributed by atoms with Crippen LogP contribution in [0.5, 0.6) is 5.75 Å². The topological polar surface area (TPSA) is 82.8 Å². The summed E-state index contributed by atoms with van der Waals surface area (Å²) < 4.78 is 13.3. The van der Waals surface area contributed by atoms with Gasteiger partial charge in [0.25, 0.3) is 5.56 Å². The minimum absolute atomic E-state index is 0.0108. The molecule has 0 aliphatic carbocycles. The van der Waals surface area contributed by atoms with Crippen LogP contribution in [0.3, 0.4) is 0 Å². The maximum Gasteiger partial charge on any atom is 0.344 e. The van der Waals surface area contributed by atoms with Crippen LogP contribution in [0.4, 0.5) is 0 Å². The molecule has 162 valence electrons. The molecule has 0 N–H and O–H groups in total. The molecule has 7 nitrogen and oxygen atoms in total. The van der Waals surface area contributed by atoms with Crippen molar-refractivity contribution in [2.24, 2.45) is 5.10 Å². The number of carbonyl (C=O) groups is 1. The Morgan fingerprint density at radius 2 is 2.06 bits per heavy atom. The van der Waals surface area contributed by atoms with Gasteiger partial charge >= 0.3 is 5.97 Å². The van der Waals surface area contributed by atoms with E-state index in [1.54, 1.807) is 31.3 Å². The van der Waals surface area contributed by atoms with Gasteiger partial charge in [0, 0.05) is 10.4 Å². The largest absolute Gasteiger partial charge is 0.481 e. The van der Waals surface area contributed by atoms with Gasteiger partial charge in [-0.15, -0.1) is 0 Å². The van der Waals surface area contributed by atoms with Gasteiger partial charge in [-0.3, -0.25) is 4.79 Å². The van der Waals surface area contributed by atoms with Gasteiger partial charge in [0.2, 0.25) is 0 Å². The van der Waals surface area contributed by atoms with Crippen molar-refractivity contribution in [3.8, 4) is 5.75 Å². The quantitative estimate of drug-likeness (QED) is 0.224. The molecule has 0 amide bonds. The van der Waals surface area contributed by atoms with E-state index in [1.807, 2.05) is 32.0 Å².